The van der Waals surface area contributed by atoms with E-state index in [9.17, 15) is 8.42 Å². The van der Waals surface area contributed by atoms with E-state index in [2.05, 4.69) is 5.10 Å². The van der Waals surface area contributed by atoms with Crippen molar-refractivity contribution in [2.75, 3.05) is 20.0 Å². The molecule has 7 nitrogen and oxygen atoms in total. The first-order valence-electron chi connectivity index (χ1n) is 7.77. The van der Waals surface area contributed by atoms with Crippen LogP contribution in [0.3, 0.4) is 0 Å². The zero-order valence-corrected chi connectivity index (χ0v) is 15.4. The Morgan fingerprint density at radius 3 is 2.23 bits per heavy atom. The highest BCUT2D eigenvalue weighted by molar-refractivity contribution is 7.90. The van der Waals surface area contributed by atoms with Crippen molar-refractivity contribution in [1.29, 1.82) is 0 Å². The number of aromatic nitrogens is 2. The van der Waals surface area contributed by atoms with Crippen LogP contribution in [0.1, 0.15) is 5.56 Å². The fraction of sp³-hybridized carbons (Fsp3) is 0.167. The van der Waals surface area contributed by atoms with Crippen LogP contribution in [-0.4, -0.2) is 31.8 Å². The van der Waals surface area contributed by atoms with Gasteiger partial charge in [0.1, 0.15) is 5.82 Å². The van der Waals surface area contributed by atoms with E-state index >= 15 is 0 Å². The fourth-order valence-electron chi connectivity index (χ4n) is 2.52. The van der Waals surface area contributed by atoms with Crippen LogP contribution in [-0.2, 0) is 10.0 Å². The molecule has 2 N–H and O–H groups in total. The Morgan fingerprint density at radius 2 is 1.62 bits per heavy atom. The summed E-state index contributed by atoms with van der Waals surface area (Å²) < 4.78 is 36.9. The monoisotopic (exact) mass is 373 g/mol. The first kappa shape index (κ1) is 17.8. The number of methoxy groups -OCH3 is 2. The smallest absolute Gasteiger partial charge is 0.284 e. The number of nitrogens with two attached hydrogens (primary N) is 1. The molecule has 0 aliphatic rings. The summed E-state index contributed by atoms with van der Waals surface area (Å²) in [6.45, 7) is 1.88. The number of ether oxygens (including phenoxy) is 2. The molecular formula is C18H19N3O4S. The van der Waals surface area contributed by atoms with Crippen molar-refractivity contribution >= 4 is 15.8 Å². The lowest BCUT2D eigenvalue weighted by atomic mass is 10.1. The maximum Gasteiger partial charge on any atom is 0.284 e. The number of aryl methyl sites for hydroxylation is 1. The Labute approximate surface area is 152 Å². The topological polar surface area (TPSA) is 96.4 Å². The van der Waals surface area contributed by atoms with Crippen LogP contribution in [0.25, 0.3) is 11.3 Å². The van der Waals surface area contributed by atoms with Crippen LogP contribution < -0.4 is 15.2 Å². The van der Waals surface area contributed by atoms with Crippen molar-refractivity contribution in [3.05, 3.63) is 54.1 Å². The van der Waals surface area contributed by atoms with E-state index in [0.29, 0.717) is 22.8 Å². The quantitative estimate of drug-likeness (QED) is 0.739. The van der Waals surface area contributed by atoms with E-state index in [1.54, 1.807) is 37.4 Å². The molecule has 8 heteroatoms. The van der Waals surface area contributed by atoms with Gasteiger partial charge >= 0.3 is 0 Å². The summed E-state index contributed by atoms with van der Waals surface area (Å²) in [5, 5.41) is 4.19. The number of anilines is 1. The molecule has 0 fully saturated rings. The van der Waals surface area contributed by atoms with Gasteiger partial charge in [0.15, 0.2) is 11.5 Å². The number of nitrogens with zero attached hydrogens (tertiary/aromatic N) is 2. The molecular weight excluding hydrogens is 354 g/mol. The molecule has 1 aromatic heterocycles. The molecule has 3 rings (SSSR count). The third-order valence-corrected chi connectivity index (χ3v) is 5.55. The Kier molecular flexibility index (Phi) is 4.60. The lowest BCUT2D eigenvalue weighted by Gasteiger charge is -2.08. The summed E-state index contributed by atoms with van der Waals surface area (Å²) in [5.41, 5.74) is 7.96. The highest BCUT2D eigenvalue weighted by Crippen LogP contribution is 2.32. The molecule has 0 amide bonds. The molecule has 26 heavy (non-hydrogen) atoms. The fourth-order valence-corrected chi connectivity index (χ4v) is 3.72. The number of benzene rings is 2. The molecule has 0 radical (unpaired) electrons. The Balaban J connectivity index is 2.06. The summed E-state index contributed by atoms with van der Waals surface area (Å²) in [5.74, 6) is 1.10. The van der Waals surface area contributed by atoms with Crippen molar-refractivity contribution in [2.24, 2.45) is 0 Å². The lowest BCUT2D eigenvalue weighted by Crippen LogP contribution is -2.16. The molecule has 0 saturated carbocycles. The maximum atomic E-state index is 12.8. The number of hydrogen-bond donors (Lipinski definition) is 1. The van der Waals surface area contributed by atoms with Gasteiger partial charge in [-0.3, -0.25) is 0 Å². The minimum Gasteiger partial charge on any atom is -0.493 e. The van der Waals surface area contributed by atoms with E-state index < -0.39 is 10.0 Å². The third kappa shape index (κ3) is 3.11. The van der Waals surface area contributed by atoms with Crippen LogP contribution in [0.2, 0.25) is 0 Å². The average molecular weight is 373 g/mol. The normalized spacial score (nSPS) is 11.3. The van der Waals surface area contributed by atoms with Crippen LogP contribution in [0.4, 0.5) is 5.82 Å². The maximum absolute atomic E-state index is 12.8. The van der Waals surface area contributed by atoms with Gasteiger partial charge in [-0.1, -0.05) is 17.7 Å². The summed E-state index contributed by atoms with van der Waals surface area (Å²) in [4.78, 5) is 0.122. The van der Waals surface area contributed by atoms with E-state index in [1.807, 2.05) is 6.92 Å². The van der Waals surface area contributed by atoms with Gasteiger partial charge in [0.25, 0.3) is 10.0 Å². The van der Waals surface area contributed by atoms with Gasteiger partial charge in [0.2, 0.25) is 0 Å². The lowest BCUT2D eigenvalue weighted by molar-refractivity contribution is 0.355. The molecule has 1 heterocycles. The van der Waals surface area contributed by atoms with Gasteiger partial charge in [-0.15, -0.1) is 4.09 Å². The predicted octanol–water partition coefficient (Wildman–Crippen LogP) is 2.69. The number of hydrogen-bond acceptors (Lipinski definition) is 6. The Morgan fingerprint density at radius 1 is 0.962 bits per heavy atom. The Bertz CT molecular complexity index is 1040. The standard InChI is InChI=1S/C18H19N3O4S/c1-12-4-7-14(8-5-12)26(22,23)21-18(19)11-15(20-21)13-6-9-16(24-2)17(10-13)25-3/h4-11H,19H2,1-3H3. The minimum atomic E-state index is -3.88. The zero-order valence-electron chi connectivity index (χ0n) is 14.6. The van der Waals surface area contributed by atoms with Crippen molar-refractivity contribution < 1.29 is 17.9 Å². The summed E-state index contributed by atoms with van der Waals surface area (Å²) >= 11 is 0. The third-order valence-electron chi connectivity index (χ3n) is 3.93. The van der Waals surface area contributed by atoms with Crippen LogP contribution in [0.5, 0.6) is 11.5 Å². The zero-order chi connectivity index (χ0) is 18.9. The van der Waals surface area contributed by atoms with Crippen molar-refractivity contribution in [2.45, 2.75) is 11.8 Å². The molecule has 0 saturated heterocycles. The van der Waals surface area contributed by atoms with Crippen molar-refractivity contribution in [3.8, 4) is 22.8 Å². The summed E-state index contributed by atoms with van der Waals surface area (Å²) in [6.07, 6.45) is 0. The minimum absolute atomic E-state index is 0.0235. The molecule has 3 aromatic rings. The second kappa shape index (κ2) is 6.72. The van der Waals surface area contributed by atoms with Gasteiger partial charge in [-0.2, -0.15) is 13.5 Å². The van der Waals surface area contributed by atoms with E-state index in [1.165, 1.54) is 25.3 Å². The van der Waals surface area contributed by atoms with Crippen LogP contribution >= 0.6 is 0 Å². The molecule has 0 bridgehead atoms. The van der Waals surface area contributed by atoms with E-state index in [-0.39, 0.29) is 10.7 Å². The SMILES string of the molecule is COc1ccc(-c2cc(N)n(S(=O)(=O)c3ccc(C)cc3)n2)cc1OC. The summed E-state index contributed by atoms with van der Waals surface area (Å²) in [6, 6.07) is 13.2. The van der Waals surface area contributed by atoms with Crippen LogP contribution in [0.15, 0.2) is 53.4 Å². The Hall–Kier alpha value is -3.00. The molecule has 0 aliphatic heterocycles. The van der Waals surface area contributed by atoms with Gasteiger partial charge < -0.3 is 15.2 Å². The van der Waals surface area contributed by atoms with E-state index in [4.69, 9.17) is 15.2 Å². The van der Waals surface area contributed by atoms with Gasteiger partial charge in [-0.05, 0) is 37.3 Å². The molecule has 0 aliphatic carbocycles. The molecule has 2 aromatic carbocycles. The molecule has 0 unspecified atom stereocenters. The number of nitrogen functional groups attached to an aromatic ring is 1. The second-order valence-corrected chi connectivity index (χ2v) is 7.45. The second-order valence-electron chi connectivity index (χ2n) is 5.69. The number of rotatable bonds is 5. The average Bonchev–Trinajstić information content (AvgIpc) is 3.04. The van der Waals surface area contributed by atoms with Gasteiger partial charge in [-0.25, -0.2) is 0 Å². The molecule has 136 valence electrons. The first-order chi connectivity index (χ1) is 12.4. The molecule has 0 spiro atoms. The van der Waals surface area contributed by atoms with Gasteiger partial charge in [0, 0.05) is 11.6 Å². The largest absolute Gasteiger partial charge is 0.493 e. The van der Waals surface area contributed by atoms with E-state index in [0.717, 1.165) is 9.65 Å². The van der Waals surface area contributed by atoms with Gasteiger partial charge in [0.05, 0.1) is 24.8 Å². The summed E-state index contributed by atoms with van der Waals surface area (Å²) in [7, 11) is -0.813. The highest BCUT2D eigenvalue weighted by Gasteiger charge is 2.22. The van der Waals surface area contributed by atoms with Crippen molar-refractivity contribution in [3.63, 3.8) is 0 Å². The van der Waals surface area contributed by atoms with Crippen molar-refractivity contribution in [1.82, 2.24) is 9.19 Å². The predicted molar refractivity (Wildman–Crippen MR) is 98.9 cm³/mol. The first-order valence-corrected chi connectivity index (χ1v) is 9.21. The highest BCUT2D eigenvalue weighted by atomic mass is 32.2. The van der Waals surface area contributed by atoms with Crippen LogP contribution in [0, 0.1) is 6.92 Å². The molecule has 0 atom stereocenters.